The highest BCUT2D eigenvalue weighted by Crippen LogP contribution is 2.29. The van der Waals surface area contributed by atoms with E-state index in [4.69, 9.17) is 10.00 Å². The largest absolute Gasteiger partial charge is 0.457 e. The Balaban J connectivity index is 2.17. The maximum atomic E-state index is 11.5. The summed E-state index contributed by atoms with van der Waals surface area (Å²) in [5.41, 5.74) is 0.868. The number of amides is 1. The predicted molar refractivity (Wildman–Crippen MR) is 79.7 cm³/mol. The molecule has 4 nitrogen and oxygen atoms in total. The van der Waals surface area contributed by atoms with Gasteiger partial charge >= 0.3 is 0 Å². The third-order valence-electron chi connectivity index (χ3n) is 2.97. The summed E-state index contributed by atoms with van der Waals surface area (Å²) in [6.07, 6.45) is -0.147. The van der Waals surface area contributed by atoms with Crippen LogP contribution in [0.3, 0.4) is 0 Å². The van der Waals surface area contributed by atoms with Gasteiger partial charge in [-0.25, -0.2) is 0 Å². The molecule has 0 heterocycles. The minimum atomic E-state index is -0.292. The number of nitriles is 1. The summed E-state index contributed by atoms with van der Waals surface area (Å²) < 4.78 is 5.86. The molecule has 0 fully saturated rings. The first-order valence-corrected chi connectivity index (χ1v) is 6.69. The van der Waals surface area contributed by atoms with Crippen LogP contribution in [0, 0.1) is 11.3 Å². The van der Waals surface area contributed by atoms with Crippen molar-refractivity contribution in [3.05, 3.63) is 60.2 Å². The van der Waals surface area contributed by atoms with Gasteiger partial charge in [0.2, 0.25) is 5.91 Å². The molecule has 21 heavy (non-hydrogen) atoms. The van der Waals surface area contributed by atoms with Gasteiger partial charge in [-0.2, -0.15) is 5.26 Å². The molecule has 0 aliphatic rings. The number of ether oxygens (including phenoxy) is 1. The summed E-state index contributed by atoms with van der Waals surface area (Å²) in [6, 6.07) is 18.6. The van der Waals surface area contributed by atoms with Crippen molar-refractivity contribution >= 4 is 5.91 Å². The first kappa shape index (κ1) is 14.6. The molecule has 2 aromatic rings. The van der Waals surface area contributed by atoms with Crippen molar-refractivity contribution in [2.75, 3.05) is 0 Å². The van der Waals surface area contributed by atoms with E-state index in [2.05, 4.69) is 5.32 Å². The fourth-order valence-corrected chi connectivity index (χ4v) is 1.99. The fourth-order valence-electron chi connectivity index (χ4n) is 1.99. The Morgan fingerprint density at radius 3 is 2.57 bits per heavy atom. The average molecular weight is 280 g/mol. The summed E-state index contributed by atoms with van der Waals surface area (Å²) in [4.78, 5) is 11.5. The lowest BCUT2D eigenvalue weighted by Gasteiger charge is -2.17. The van der Waals surface area contributed by atoms with Gasteiger partial charge in [-0.3, -0.25) is 4.79 Å². The van der Waals surface area contributed by atoms with Gasteiger partial charge in [0.1, 0.15) is 17.9 Å². The van der Waals surface area contributed by atoms with Gasteiger partial charge in [-0.15, -0.1) is 0 Å². The Kier molecular flexibility index (Phi) is 4.94. The predicted octanol–water partition coefficient (Wildman–Crippen LogP) is 3.57. The second-order valence-corrected chi connectivity index (χ2v) is 4.58. The van der Waals surface area contributed by atoms with E-state index in [1.807, 2.05) is 67.6 Å². The molecule has 0 spiro atoms. The van der Waals surface area contributed by atoms with Gasteiger partial charge in [-0.1, -0.05) is 36.4 Å². The van der Waals surface area contributed by atoms with Gasteiger partial charge in [0, 0.05) is 5.56 Å². The number of nitrogens with one attached hydrogen (secondary N) is 1. The van der Waals surface area contributed by atoms with E-state index in [0.29, 0.717) is 5.75 Å². The van der Waals surface area contributed by atoms with Crippen LogP contribution in [-0.4, -0.2) is 5.91 Å². The molecule has 0 saturated carbocycles. The Hall–Kier alpha value is -2.80. The third kappa shape index (κ3) is 4.08. The van der Waals surface area contributed by atoms with Crippen LogP contribution in [0.15, 0.2) is 54.6 Å². The first-order valence-electron chi connectivity index (χ1n) is 6.69. The molecule has 0 aliphatic carbocycles. The zero-order valence-electron chi connectivity index (χ0n) is 11.7. The van der Waals surface area contributed by atoms with Crippen LogP contribution in [0.1, 0.15) is 24.9 Å². The van der Waals surface area contributed by atoms with Crippen molar-refractivity contribution in [1.29, 1.82) is 5.26 Å². The van der Waals surface area contributed by atoms with E-state index < -0.39 is 0 Å². The molecule has 2 aromatic carbocycles. The quantitative estimate of drug-likeness (QED) is 0.910. The van der Waals surface area contributed by atoms with E-state index >= 15 is 0 Å². The van der Waals surface area contributed by atoms with Crippen LogP contribution >= 0.6 is 0 Å². The lowest BCUT2D eigenvalue weighted by molar-refractivity contribution is -0.120. The number of hydrogen-bond acceptors (Lipinski definition) is 3. The van der Waals surface area contributed by atoms with Crippen LogP contribution in [0.5, 0.6) is 11.5 Å². The minimum Gasteiger partial charge on any atom is -0.457 e. The molecule has 2 rings (SSSR count). The Morgan fingerprint density at radius 2 is 1.86 bits per heavy atom. The highest BCUT2D eigenvalue weighted by molar-refractivity contribution is 5.78. The SMILES string of the molecule is C[C@H](NC(=O)CC#N)c1ccccc1Oc1ccccc1. The van der Waals surface area contributed by atoms with Crippen molar-refractivity contribution in [3.63, 3.8) is 0 Å². The van der Waals surface area contributed by atoms with Crippen molar-refractivity contribution in [3.8, 4) is 17.6 Å². The standard InChI is InChI=1S/C17H16N2O2/c1-13(19-17(20)11-12-18)15-9-5-6-10-16(15)21-14-7-3-2-4-8-14/h2-10,13H,11H2,1H3,(H,19,20)/t13-/m0/s1. The lowest BCUT2D eigenvalue weighted by Crippen LogP contribution is -2.26. The zero-order chi connectivity index (χ0) is 15.1. The number of nitrogens with zero attached hydrogens (tertiary/aromatic N) is 1. The van der Waals surface area contributed by atoms with E-state index in [0.717, 1.165) is 11.3 Å². The molecule has 0 saturated heterocycles. The van der Waals surface area contributed by atoms with Gasteiger partial charge in [0.05, 0.1) is 12.1 Å². The minimum absolute atomic E-state index is 0.147. The van der Waals surface area contributed by atoms with E-state index in [1.165, 1.54) is 0 Å². The number of para-hydroxylation sites is 2. The second-order valence-electron chi connectivity index (χ2n) is 4.58. The number of rotatable bonds is 5. The monoisotopic (exact) mass is 280 g/mol. The average Bonchev–Trinajstić information content (AvgIpc) is 2.49. The van der Waals surface area contributed by atoms with E-state index in [-0.39, 0.29) is 18.4 Å². The molecular formula is C17H16N2O2. The number of carbonyl (C=O) groups is 1. The topological polar surface area (TPSA) is 62.1 Å². The molecule has 0 radical (unpaired) electrons. The molecule has 0 unspecified atom stereocenters. The Bertz CT molecular complexity index is 647. The Labute approximate surface area is 124 Å². The molecule has 1 N–H and O–H groups in total. The number of benzene rings is 2. The molecular weight excluding hydrogens is 264 g/mol. The second kappa shape index (κ2) is 7.11. The fraction of sp³-hybridized carbons (Fsp3) is 0.176. The molecule has 0 aliphatic heterocycles. The first-order chi connectivity index (χ1) is 10.2. The summed E-state index contributed by atoms with van der Waals surface area (Å²) in [6.45, 7) is 1.86. The summed E-state index contributed by atoms with van der Waals surface area (Å²) >= 11 is 0. The van der Waals surface area contributed by atoms with Crippen molar-refractivity contribution in [2.45, 2.75) is 19.4 Å². The molecule has 0 aromatic heterocycles. The van der Waals surface area contributed by atoms with Crippen LogP contribution < -0.4 is 10.1 Å². The van der Waals surface area contributed by atoms with Gasteiger partial charge in [-0.05, 0) is 25.1 Å². The summed E-state index contributed by atoms with van der Waals surface area (Å²) in [5.74, 6) is 1.13. The molecule has 106 valence electrons. The van der Waals surface area contributed by atoms with E-state index in [1.54, 1.807) is 0 Å². The van der Waals surface area contributed by atoms with E-state index in [9.17, 15) is 4.79 Å². The summed E-state index contributed by atoms with van der Waals surface area (Å²) in [5, 5.41) is 11.3. The maximum absolute atomic E-state index is 11.5. The highest BCUT2D eigenvalue weighted by Gasteiger charge is 2.14. The Morgan fingerprint density at radius 1 is 1.19 bits per heavy atom. The van der Waals surface area contributed by atoms with Crippen LogP contribution in [0.25, 0.3) is 0 Å². The van der Waals surface area contributed by atoms with Crippen LogP contribution in [0.2, 0.25) is 0 Å². The third-order valence-corrected chi connectivity index (χ3v) is 2.97. The van der Waals surface area contributed by atoms with Gasteiger partial charge in [0.25, 0.3) is 0 Å². The normalized spacial score (nSPS) is 11.2. The van der Waals surface area contributed by atoms with Gasteiger partial charge < -0.3 is 10.1 Å². The molecule has 0 bridgehead atoms. The zero-order valence-corrected chi connectivity index (χ0v) is 11.7. The lowest BCUT2D eigenvalue weighted by atomic mass is 10.1. The highest BCUT2D eigenvalue weighted by atomic mass is 16.5. The van der Waals surface area contributed by atoms with Crippen molar-refractivity contribution in [2.24, 2.45) is 0 Å². The number of hydrogen-bond donors (Lipinski definition) is 1. The molecule has 4 heteroatoms. The van der Waals surface area contributed by atoms with Crippen molar-refractivity contribution < 1.29 is 9.53 Å². The maximum Gasteiger partial charge on any atom is 0.234 e. The van der Waals surface area contributed by atoms with Gasteiger partial charge in [0.15, 0.2) is 0 Å². The summed E-state index contributed by atoms with van der Waals surface area (Å²) in [7, 11) is 0. The number of carbonyl (C=O) groups excluding carboxylic acids is 1. The molecule has 1 atom stereocenters. The van der Waals surface area contributed by atoms with Crippen LogP contribution in [-0.2, 0) is 4.79 Å². The smallest absolute Gasteiger partial charge is 0.234 e. The van der Waals surface area contributed by atoms with Crippen LogP contribution in [0.4, 0.5) is 0 Å². The van der Waals surface area contributed by atoms with Crippen molar-refractivity contribution in [1.82, 2.24) is 5.32 Å². The molecule has 1 amide bonds.